The van der Waals surface area contributed by atoms with Gasteiger partial charge in [0.05, 0.1) is 27.7 Å². The van der Waals surface area contributed by atoms with Crippen LogP contribution in [0.25, 0.3) is 0 Å². The smallest absolute Gasteiger partial charge is 0.462 e. The molecule has 10 heteroatoms. The zero-order valence-electron chi connectivity index (χ0n) is 67.4. The highest BCUT2D eigenvalue weighted by molar-refractivity contribution is 7.47. The van der Waals surface area contributed by atoms with Gasteiger partial charge in [-0.3, -0.25) is 18.6 Å². The van der Waals surface area contributed by atoms with E-state index < -0.39 is 148 Å². The summed E-state index contributed by atoms with van der Waals surface area (Å²) in [6.45, 7) is -4.76. The molecular formula is C44H89NO8P+. The molecule has 1 N–H and O–H groups in total. The summed E-state index contributed by atoms with van der Waals surface area (Å²) < 4.78 is 322. The van der Waals surface area contributed by atoms with Crippen LogP contribution in [-0.2, 0) is 32.7 Å². The lowest BCUT2D eigenvalue weighted by molar-refractivity contribution is -0.870. The Bertz CT molecular complexity index is 2330. The van der Waals surface area contributed by atoms with Crippen LogP contribution >= 0.6 is 7.82 Å². The zero-order chi connectivity index (χ0) is 71.2. The first-order valence-corrected chi connectivity index (χ1v) is 19.9. The Labute approximate surface area is 383 Å². The fourth-order valence-electron chi connectivity index (χ4n) is 4.34. The molecule has 0 aromatic carbocycles. The normalized spacial score (nSPS) is 27.6. The minimum Gasteiger partial charge on any atom is -0.462 e. The fraction of sp³-hybridized carbons (Fsp3) is 0.955. The van der Waals surface area contributed by atoms with E-state index in [2.05, 4.69) is 6.92 Å². The van der Waals surface area contributed by atoms with Crippen LogP contribution in [0.4, 0.5) is 0 Å². The highest BCUT2D eigenvalue weighted by Crippen LogP contribution is 2.43. The minimum absolute atomic E-state index is 0.165. The van der Waals surface area contributed by atoms with E-state index in [0.717, 1.165) is 38.5 Å². The van der Waals surface area contributed by atoms with E-state index in [1.54, 1.807) is 21.1 Å². The van der Waals surface area contributed by atoms with Crippen molar-refractivity contribution in [2.24, 2.45) is 0 Å². The molecule has 0 heterocycles. The Morgan fingerprint density at radius 1 is 0.630 bits per heavy atom. The molecule has 0 fully saturated rings. The van der Waals surface area contributed by atoms with Crippen molar-refractivity contribution in [2.45, 2.75) is 225 Å². The van der Waals surface area contributed by atoms with Crippen LogP contribution in [0, 0.1) is 0 Å². The first-order valence-electron chi connectivity index (χ1n) is 36.0. The molecule has 54 heavy (non-hydrogen) atoms. The average Bonchev–Trinajstić information content (AvgIpc) is 0.690. The van der Waals surface area contributed by atoms with Crippen LogP contribution in [0.5, 0.6) is 0 Å². The van der Waals surface area contributed by atoms with E-state index in [0.29, 0.717) is 6.42 Å². The van der Waals surface area contributed by atoms with Crippen LogP contribution in [-0.4, -0.2) is 74.9 Å². The van der Waals surface area contributed by atoms with Crippen molar-refractivity contribution in [1.82, 2.24) is 0 Å². The third-order valence-corrected chi connectivity index (χ3v) is 8.15. The van der Waals surface area contributed by atoms with Gasteiger partial charge >= 0.3 is 19.8 Å². The van der Waals surface area contributed by atoms with E-state index in [-0.39, 0.29) is 30.5 Å². The molecule has 0 aromatic rings. The third-order valence-electron chi connectivity index (χ3n) is 7.16. The Morgan fingerprint density at radius 3 is 1.54 bits per heavy atom. The standard InChI is InChI=1S/C44H88NO8P/c1-6-8-10-12-14-16-18-20-22-24-26-28-30-32-34-36-43(46)50-40-42(41-52-54(48,49)51-39-38-45(3,4)5)53-44(47)37-35-33-31-29-27-25-23-21-19-17-15-13-11-9-7-2/h42H,6-41H2,1-5H3/p+1/t42-/m1/s1/i1D3,6D2,8D2,10D2,12D2,14D2,16D2,18D2,20D2,22D2,24D2,26D2,28D2,30D2,32D2,34D2,36D2. The minimum atomic E-state index is -5.35. The number of ether oxygens (including phenoxy) is 2. The first kappa shape index (κ1) is 18.9. The van der Waals surface area contributed by atoms with E-state index in [4.69, 9.17) is 66.5 Å². The number of hydrogen-bond acceptors (Lipinski definition) is 7. The van der Waals surface area contributed by atoms with Crippen molar-refractivity contribution in [3.8, 4) is 0 Å². The third kappa shape index (κ3) is 40.7. The summed E-state index contributed by atoms with van der Waals surface area (Å²) in [5.74, 6) is -3.53. The molecule has 0 spiro atoms. The van der Waals surface area contributed by atoms with Crippen LogP contribution in [0.2, 0.25) is 0 Å². The van der Waals surface area contributed by atoms with Crippen molar-refractivity contribution >= 4 is 19.8 Å². The molecule has 0 saturated carbocycles. The van der Waals surface area contributed by atoms with E-state index in [1.165, 1.54) is 44.9 Å². The van der Waals surface area contributed by atoms with Crippen molar-refractivity contribution in [3.63, 3.8) is 0 Å². The van der Waals surface area contributed by atoms with Crippen molar-refractivity contribution in [1.29, 1.82) is 0 Å². The quantitative estimate of drug-likeness (QED) is 0.0280. The molecular weight excluding hydrogens is 701 g/mol. The molecule has 0 aliphatic heterocycles. The SMILES string of the molecule is [2H]C([2H])([2H])C([2H])([2H])C([2H])([2H])C([2H])([2H])C([2H])([2H])C([2H])([2H])C([2H])([2H])C([2H])([2H])C([2H])([2H])C([2H])([2H])C([2H])([2H])C([2H])([2H])C([2H])([2H])C([2H])([2H])C([2H])([2H])C([2H])([2H])C([2H])([2H])C(=O)OC[C@H](COP(=O)(O)OCC[N+](C)(C)C)OC(=O)CCCCCCCCCCCCCCCCC. The van der Waals surface area contributed by atoms with Gasteiger partial charge in [0.25, 0.3) is 0 Å². The number of phosphoric ester groups is 1. The largest absolute Gasteiger partial charge is 0.472 e. The van der Waals surface area contributed by atoms with Crippen molar-refractivity contribution < 1.29 is 90.0 Å². The molecule has 9 nitrogen and oxygen atoms in total. The van der Waals surface area contributed by atoms with Gasteiger partial charge in [-0.25, -0.2) is 4.57 Å². The summed E-state index contributed by atoms with van der Waals surface area (Å²) >= 11 is 0. The number of unbranched alkanes of at least 4 members (excludes halogenated alkanes) is 14. The molecule has 0 rings (SSSR count). The Kier molecular flexibility index (Phi) is 13.2. The molecule has 0 aliphatic carbocycles. The number of phosphoric acid groups is 1. The molecule has 0 bridgehead atoms. The van der Waals surface area contributed by atoms with Crippen molar-refractivity contribution in [2.75, 3.05) is 47.5 Å². The molecule has 0 saturated heterocycles. The highest BCUT2D eigenvalue weighted by Gasteiger charge is 2.27. The summed E-state index contributed by atoms with van der Waals surface area (Å²) in [6.07, 6.45) is -68.5. The maximum absolute atomic E-state index is 13.5. The summed E-state index contributed by atoms with van der Waals surface area (Å²) in [7, 11) is 0.138. The number of esters is 2. The number of carbonyl (C=O) groups is 2. The lowest BCUT2D eigenvalue weighted by atomic mass is 10.0. The number of nitrogens with zero attached hydrogens (tertiary/aromatic N) is 1. The van der Waals surface area contributed by atoms with E-state index in [9.17, 15) is 19.0 Å². The summed E-state index contributed by atoms with van der Waals surface area (Å²) in [6, 6.07) is 0. The molecule has 2 atom stereocenters. The van der Waals surface area contributed by atoms with Gasteiger partial charge in [0.1, 0.15) is 19.8 Å². The van der Waals surface area contributed by atoms with Crippen LogP contribution < -0.4 is 0 Å². The monoisotopic (exact) mass is 826 g/mol. The molecule has 322 valence electrons. The Morgan fingerprint density at radius 2 is 1.07 bits per heavy atom. The second-order valence-corrected chi connectivity index (χ2v) is 14.5. The molecule has 0 aromatic heterocycles. The Balaban J connectivity index is 7.01. The summed E-state index contributed by atoms with van der Waals surface area (Å²) in [5.41, 5.74) is 0. The number of hydrogen-bond donors (Lipinski definition) is 1. The number of quaternary nitrogens is 1. The number of carbonyl (C=O) groups excluding carboxylic acids is 2. The molecule has 0 radical (unpaired) electrons. The van der Waals surface area contributed by atoms with Crippen LogP contribution in [0.15, 0.2) is 0 Å². The Hall–Kier alpha value is -0.990. The highest BCUT2D eigenvalue weighted by atomic mass is 31.2. The molecule has 0 aliphatic rings. The predicted octanol–water partition coefficient (Wildman–Crippen LogP) is 12.8. The van der Waals surface area contributed by atoms with Gasteiger partial charge in [-0.05, 0) is 12.8 Å². The zero-order valence-corrected chi connectivity index (χ0v) is 33.3. The topological polar surface area (TPSA) is 108 Å². The number of likely N-dealkylation sites (N-methyl/N-ethyl adjacent to an activating group) is 1. The van der Waals surface area contributed by atoms with Gasteiger partial charge < -0.3 is 18.9 Å². The average molecular weight is 826 g/mol. The van der Waals surface area contributed by atoms with Crippen LogP contribution in [0.1, 0.15) is 266 Å². The lowest BCUT2D eigenvalue weighted by Crippen LogP contribution is -2.37. The second kappa shape index (κ2) is 37.6. The van der Waals surface area contributed by atoms with Gasteiger partial charge in [0.15, 0.2) is 6.10 Å². The summed E-state index contributed by atoms with van der Waals surface area (Å²) in [4.78, 5) is 36.9. The maximum Gasteiger partial charge on any atom is 0.472 e. The fourth-order valence-corrected chi connectivity index (χ4v) is 5.08. The first-order chi connectivity index (χ1) is 39.2. The maximum atomic E-state index is 13.5. The number of rotatable bonds is 42. The van der Waals surface area contributed by atoms with Gasteiger partial charge in [0, 0.05) is 60.8 Å². The van der Waals surface area contributed by atoms with E-state index in [1.807, 2.05) is 0 Å². The van der Waals surface area contributed by atoms with Gasteiger partial charge in [0.2, 0.25) is 0 Å². The van der Waals surface area contributed by atoms with Crippen LogP contribution in [0.3, 0.4) is 0 Å². The van der Waals surface area contributed by atoms with Gasteiger partial charge in [-0.2, -0.15) is 0 Å². The predicted molar refractivity (Wildman–Crippen MR) is 225 cm³/mol. The summed E-state index contributed by atoms with van der Waals surface area (Å²) in [5, 5.41) is 0. The van der Waals surface area contributed by atoms with Gasteiger partial charge in [-0.15, -0.1) is 0 Å². The van der Waals surface area contributed by atoms with Crippen molar-refractivity contribution in [3.05, 3.63) is 0 Å². The lowest BCUT2D eigenvalue weighted by Gasteiger charge is -2.24. The van der Waals surface area contributed by atoms with E-state index >= 15 is 0 Å². The molecule has 1 unspecified atom stereocenters. The second-order valence-electron chi connectivity index (χ2n) is 13.0. The van der Waals surface area contributed by atoms with Gasteiger partial charge in [-0.1, -0.05) is 193 Å². The molecule has 0 amide bonds.